The summed E-state index contributed by atoms with van der Waals surface area (Å²) in [6, 6.07) is 6.47. The molecule has 4 amide bonds. The van der Waals surface area contributed by atoms with E-state index in [4.69, 9.17) is 5.73 Å². The maximum atomic E-state index is 12.5. The predicted octanol–water partition coefficient (Wildman–Crippen LogP) is 1.48. The van der Waals surface area contributed by atoms with Crippen molar-refractivity contribution < 1.29 is 14.4 Å². The van der Waals surface area contributed by atoms with Crippen LogP contribution >= 0.6 is 12.4 Å². The Kier molecular flexibility index (Phi) is 5.69. The average molecular weight is 367 g/mol. The molecule has 2 aliphatic rings. The molecule has 3 rings (SSSR count). The zero-order valence-electron chi connectivity index (χ0n) is 14.0. The summed E-state index contributed by atoms with van der Waals surface area (Å²) in [5.41, 5.74) is 5.83. The first-order chi connectivity index (χ1) is 11.4. The van der Waals surface area contributed by atoms with E-state index in [2.05, 4.69) is 16.0 Å². The van der Waals surface area contributed by atoms with Gasteiger partial charge in [-0.2, -0.15) is 0 Å². The lowest BCUT2D eigenvalue weighted by atomic mass is 9.91. The number of anilines is 1. The molecule has 1 saturated heterocycles. The molecule has 3 atom stereocenters. The van der Waals surface area contributed by atoms with Crippen molar-refractivity contribution in [1.82, 2.24) is 10.6 Å². The molecule has 2 fully saturated rings. The van der Waals surface area contributed by atoms with E-state index in [0.717, 1.165) is 19.3 Å². The number of rotatable bonds is 4. The van der Waals surface area contributed by atoms with Crippen LogP contribution in [0.5, 0.6) is 0 Å². The number of nitrogens with two attached hydrogens (primary N) is 1. The maximum Gasteiger partial charge on any atom is 0.322 e. The standard InChI is InChI=1S/C17H22N4O3.ClH/c1-17(15(23)20-16(24)21-17)11-5-3-6-12(8-11)19-14(22)13-7-2-4-10(13)9-18;/h3,5-6,8,10,13H,2,4,7,9,18H2,1H3,(H,19,22)(H2,20,21,23,24);1H/t10-,13-,17?;/m1./s1. The van der Waals surface area contributed by atoms with Gasteiger partial charge in [0, 0.05) is 11.6 Å². The summed E-state index contributed by atoms with van der Waals surface area (Å²) in [5.74, 6) is -0.283. The second-order valence-corrected chi connectivity index (χ2v) is 6.64. The predicted molar refractivity (Wildman–Crippen MR) is 96.2 cm³/mol. The van der Waals surface area contributed by atoms with Crippen LogP contribution in [0, 0.1) is 11.8 Å². The fourth-order valence-corrected chi connectivity index (χ4v) is 3.55. The van der Waals surface area contributed by atoms with Crippen LogP contribution in [0.15, 0.2) is 24.3 Å². The minimum absolute atomic E-state index is 0. The molecule has 1 unspecified atom stereocenters. The minimum atomic E-state index is -1.13. The van der Waals surface area contributed by atoms with Crippen LogP contribution in [0.25, 0.3) is 0 Å². The molecule has 0 radical (unpaired) electrons. The SMILES string of the molecule is CC1(c2cccc(NC(=O)[C@@H]3CCC[C@@H]3CN)c2)NC(=O)NC1=O.Cl. The lowest BCUT2D eigenvalue weighted by Crippen LogP contribution is -2.40. The van der Waals surface area contributed by atoms with Crippen LogP contribution in [0.3, 0.4) is 0 Å². The summed E-state index contributed by atoms with van der Waals surface area (Å²) < 4.78 is 0. The highest BCUT2D eigenvalue weighted by atomic mass is 35.5. The van der Waals surface area contributed by atoms with E-state index in [-0.39, 0.29) is 30.2 Å². The van der Waals surface area contributed by atoms with Gasteiger partial charge in [-0.3, -0.25) is 14.9 Å². The molecule has 25 heavy (non-hydrogen) atoms. The number of urea groups is 1. The van der Waals surface area contributed by atoms with Crippen molar-refractivity contribution in [2.45, 2.75) is 31.7 Å². The lowest BCUT2D eigenvalue weighted by Gasteiger charge is -2.22. The van der Waals surface area contributed by atoms with Gasteiger partial charge in [0.05, 0.1) is 0 Å². The van der Waals surface area contributed by atoms with Gasteiger partial charge < -0.3 is 16.4 Å². The van der Waals surface area contributed by atoms with Crippen LogP contribution < -0.4 is 21.7 Å². The summed E-state index contributed by atoms with van der Waals surface area (Å²) in [6.45, 7) is 2.15. The zero-order chi connectivity index (χ0) is 17.3. The van der Waals surface area contributed by atoms with Crippen molar-refractivity contribution in [3.05, 3.63) is 29.8 Å². The number of imide groups is 1. The van der Waals surface area contributed by atoms with Gasteiger partial charge in [0.15, 0.2) is 0 Å². The Bertz CT molecular complexity index is 696. The van der Waals surface area contributed by atoms with Crippen molar-refractivity contribution in [1.29, 1.82) is 0 Å². The first-order valence-corrected chi connectivity index (χ1v) is 8.19. The quantitative estimate of drug-likeness (QED) is 0.604. The molecule has 8 heteroatoms. The molecule has 0 bridgehead atoms. The first-order valence-electron chi connectivity index (χ1n) is 8.19. The molecule has 1 saturated carbocycles. The van der Waals surface area contributed by atoms with Crippen molar-refractivity contribution in [3.8, 4) is 0 Å². The summed E-state index contributed by atoms with van der Waals surface area (Å²) in [6.07, 6.45) is 2.85. The van der Waals surface area contributed by atoms with Crippen LogP contribution in [0.1, 0.15) is 31.7 Å². The van der Waals surface area contributed by atoms with Crippen molar-refractivity contribution in [3.63, 3.8) is 0 Å². The number of hydrogen-bond acceptors (Lipinski definition) is 4. The van der Waals surface area contributed by atoms with Gasteiger partial charge in [-0.25, -0.2) is 4.79 Å². The normalized spacial score (nSPS) is 28.1. The average Bonchev–Trinajstić information content (AvgIpc) is 3.12. The first kappa shape index (κ1) is 19.2. The fourth-order valence-electron chi connectivity index (χ4n) is 3.55. The molecular weight excluding hydrogens is 344 g/mol. The monoisotopic (exact) mass is 366 g/mol. The van der Waals surface area contributed by atoms with Gasteiger partial charge in [-0.15, -0.1) is 12.4 Å². The third-order valence-electron chi connectivity index (χ3n) is 5.05. The number of hydrogen-bond donors (Lipinski definition) is 4. The van der Waals surface area contributed by atoms with Gasteiger partial charge in [-0.05, 0) is 49.9 Å². The highest BCUT2D eigenvalue weighted by molar-refractivity contribution is 6.07. The molecule has 0 spiro atoms. The van der Waals surface area contributed by atoms with Gasteiger partial charge in [0.2, 0.25) is 5.91 Å². The number of carbonyl (C=O) groups excluding carboxylic acids is 3. The van der Waals surface area contributed by atoms with Crippen molar-refractivity contribution in [2.75, 3.05) is 11.9 Å². The second kappa shape index (κ2) is 7.41. The molecule has 5 N–H and O–H groups in total. The number of nitrogens with one attached hydrogen (secondary N) is 3. The van der Waals surface area contributed by atoms with Crippen molar-refractivity contribution in [2.24, 2.45) is 17.6 Å². The van der Waals surface area contributed by atoms with Crippen molar-refractivity contribution >= 4 is 35.9 Å². The number of benzene rings is 1. The molecule has 136 valence electrons. The van der Waals surface area contributed by atoms with Gasteiger partial charge in [0.25, 0.3) is 5.91 Å². The summed E-state index contributed by atoms with van der Waals surface area (Å²) >= 11 is 0. The maximum absolute atomic E-state index is 12.5. The van der Waals surface area contributed by atoms with E-state index in [9.17, 15) is 14.4 Å². The smallest absolute Gasteiger partial charge is 0.322 e. The van der Waals surface area contributed by atoms with E-state index in [1.54, 1.807) is 31.2 Å². The Balaban J connectivity index is 0.00000225. The van der Waals surface area contributed by atoms with Crippen LogP contribution in [-0.2, 0) is 15.1 Å². The Labute approximate surface area is 152 Å². The van der Waals surface area contributed by atoms with E-state index in [0.29, 0.717) is 17.8 Å². The Hall–Kier alpha value is -2.12. The molecule has 7 nitrogen and oxygen atoms in total. The largest absolute Gasteiger partial charge is 0.330 e. The van der Waals surface area contributed by atoms with Gasteiger partial charge >= 0.3 is 6.03 Å². The Morgan fingerprint density at radius 3 is 2.76 bits per heavy atom. The summed E-state index contributed by atoms with van der Waals surface area (Å²) in [4.78, 5) is 36.0. The fraction of sp³-hybridized carbons (Fsp3) is 0.471. The van der Waals surface area contributed by atoms with Gasteiger partial charge in [-0.1, -0.05) is 18.6 Å². The highest BCUT2D eigenvalue weighted by Crippen LogP contribution is 2.32. The van der Waals surface area contributed by atoms with Crippen LogP contribution in [0.2, 0.25) is 0 Å². The van der Waals surface area contributed by atoms with E-state index >= 15 is 0 Å². The molecule has 1 aliphatic carbocycles. The molecule has 0 aromatic heterocycles. The minimum Gasteiger partial charge on any atom is -0.330 e. The van der Waals surface area contributed by atoms with E-state index in [1.807, 2.05) is 0 Å². The van der Waals surface area contributed by atoms with E-state index in [1.165, 1.54) is 0 Å². The van der Waals surface area contributed by atoms with Gasteiger partial charge in [0.1, 0.15) is 5.54 Å². The third-order valence-corrected chi connectivity index (χ3v) is 5.05. The number of carbonyl (C=O) groups is 3. The Morgan fingerprint density at radius 1 is 1.36 bits per heavy atom. The van der Waals surface area contributed by atoms with E-state index < -0.39 is 17.5 Å². The topological polar surface area (TPSA) is 113 Å². The molecule has 1 aliphatic heterocycles. The van der Waals surface area contributed by atoms with Crippen LogP contribution in [-0.4, -0.2) is 24.4 Å². The summed E-state index contributed by atoms with van der Waals surface area (Å²) in [7, 11) is 0. The third kappa shape index (κ3) is 3.62. The molecule has 1 aromatic rings. The van der Waals surface area contributed by atoms with Crippen LogP contribution in [0.4, 0.5) is 10.5 Å². The molecule has 1 aromatic carbocycles. The summed E-state index contributed by atoms with van der Waals surface area (Å²) in [5, 5.41) is 7.77. The highest BCUT2D eigenvalue weighted by Gasteiger charge is 2.43. The second-order valence-electron chi connectivity index (χ2n) is 6.64. The zero-order valence-corrected chi connectivity index (χ0v) is 14.8. The number of halogens is 1. The Morgan fingerprint density at radius 2 is 2.12 bits per heavy atom. The lowest BCUT2D eigenvalue weighted by molar-refractivity contribution is -0.123. The molecular formula is C17H23ClN4O3. The number of amides is 4. The molecule has 1 heterocycles.